The number of amides is 2. The highest BCUT2D eigenvalue weighted by Gasteiger charge is 2.04. The van der Waals surface area contributed by atoms with Crippen LogP contribution < -0.4 is 10.6 Å². The van der Waals surface area contributed by atoms with Gasteiger partial charge in [0.1, 0.15) is 0 Å². The molecule has 0 radical (unpaired) electrons. The van der Waals surface area contributed by atoms with E-state index >= 15 is 0 Å². The number of aryl methyl sites for hydroxylation is 1. The van der Waals surface area contributed by atoms with Crippen molar-refractivity contribution >= 4 is 33.6 Å². The second-order valence-electron chi connectivity index (χ2n) is 3.67. The highest BCUT2D eigenvalue weighted by atomic mass is 79.9. The normalized spacial score (nSPS) is 9.89. The molecule has 18 heavy (non-hydrogen) atoms. The second-order valence-corrected chi connectivity index (χ2v) is 4.59. The number of nitrogens with zero attached hydrogens (tertiary/aromatic N) is 2. The lowest BCUT2D eigenvalue weighted by molar-refractivity contribution is 0.262. The maximum Gasteiger partial charge on any atom is 0.326 e. The number of benzene rings is 1. The zero-order valence-corrected chi connectivity index (χ0v) is 11.2. The third-order valence-electron chi connectivity index (χ3n) is 2.12. The summed E-state index contributed by atoms with van der Waals surface area (Å²) in [5, 5.41) is 5.25. The molecule has 0 spiro atoms. The highest BCUT2D eigenvalue weighted by Crippen LogP contribution is 2.10. The molecule has 0 unspecified atom stereocenters. The molecule has 2 amide bonds. The van der Waals surface area contributed by atoms with E-state index in [1.54, 1.807) is 12.4 Å². The number of anilines is 2. The Morgan fingerprint density at radius 2 is 1.94 bits per heavy atom. The van der Waals surface area contributed by atoms with Crippen molar-refractivity contribution in [1.82, 2.24) is 9.97 Å². The number of hydrogen-bond donors (Lipinski definition) is 2. The molecular formula is C12H11BrN4O. The molecule has 0 saturated carbocycles. The summed E-state index contributed by atoms with van der Waals surface area (Å²) >= 11 is 3.22. The van der Waals surface area contributed by atoms with Gasteiger partial charge in [0.15, 0.2) is 0 Å². The smallest absolute Gasteiger partial charge is 0.308 e. The number of carbonyl (C=O) groups is 1. The quantitative estimate of drug-likeness (QED) is 0.895. The molecule has 0 aliphatic rings. The number of aromatic nitrogens is 2. The third-order valence-corrected chi connectivity index (χ3v) is 2.53. The minimum atomic E-state index is -0.372. The number of nitrogens with one attached hydrogen (secondary N) is 2. The number of hydrogen-bond acceptors (Lipinski definition) is 3. The SMILES string of the molecule is Cc1cccc(NC(=O)Nc2ncc(Br)cn2)c1. The molecule has 1 heterocycles. The van der Waals surface area contributed by atoms with Crippen molar-refractivity contribution in [3.63, 3.8) is 0 Å². The van der Waals surface area contributed by atoms with Gasteiger partial charge in [-0.2, -0.15) is 0 Å². The van der Waals surface area contributed by atoms with Gasteiger partial charge in [-0.3, -0.25) is 5.32 Å². The van der Waals surface area contributed by atoms with Crippen LogP contribution in [0.4, 0.5) is 16.4 Å². The Kier molecular flexibility index (Phi) is 3.88. The highest BCUT2D eigenvalue weighted by molar-refractivity contribution is 9.10. The first-order chi connectivity index (χ1) is 8.63. The second kappa shape index (κ2) is 5.59. The molecule has 6 heteroatoms. The molecule has 0 aliphatic carbocycles. The van der Waals surface area contributed by atoms with Gasteiger partial charge in [0.25, 0.3) is 0 Å². The first kappa shape index (κ1) is 12.5. The molecule has 0 saturated heterocycles. The van der Waals surface area contributed by atoms with E-state index in [1.807, 2.05) is 31.2 Å². The number of halogens is 1. The van der Waals surface area contributed by atoms with Crippen molar-refractivity contribution in [3.8, 4) is 0 Å². The summed E-state index contributed by atoms with van der Waals surface area (Å²) in [5.41, 5.74) is 1.80. The van der Waals surface area contributed by atoms with E-state index < -0.39 is 0 Å². The van der Waals surface area contributed by atoms with Gasteiger partial charge in [-0.25, -0.2) is 14.8 Å². The van der Waals surface area contributed by atoms with E-state index in [4.69, 9.17) is 0 Å². The average molecular weight is 307 g/mol. The van der Waals surface area contributed by atoms with Crippen molar-refractivity contribution in [2.75, 3.05) is 10.6 Å². The topological polar surface area (TPSA) is 66.9 Å². The summed E-state index contributed by atoms with van der Waals surface area (Å²) in [6.45, 7) is 1.96. The maximum atomic E-state index is 11.7. The van der Waals surface area contributed by atoms with Crippen molar-refractivity contribution < 1.29 is 4.79 Å². The van der Waals surface area contributed by atoms with Gasteiger partial charge >= 0.3 is 6.03 Å². The van der Waals surface area contributed by atoms with Crippen LogP contribution in [0.5, 0.6) is 0 Å². The van der Waals surface area contributed by atoms with Gasteiger partial charge in [0, 0.05) is 18.1 Å². The van der Waals surface area contributed by atoms with Crippen molar-refractivity contribution in [2.24, 2.45) is 0 Å². The van der Waals surface area contributed by atoms with Gasteiger partial charge in [0.05, 0.1) is 4.47 Å². The van der Waals surface area contributed by atoms with E-state index in [1.165, 1.54) is 0 Å². The first-order valence-electron chi connectivity index (χ1n) is 5.26. The van der Waals surface area contributed by atoms with Gasteiger partial charge in [-0.05, 0) is 40.5 Å². The van der Waals surface area contributed by atoms with Gasteiger partial charge in [0.2, 0.25) is 5.95 Å². The van der Waals surface area contributed by atoms with Crippen molar-refractivity contribution in [1.29, 1.82) is 0 Å². The Balaban J connectivity index is 1.98. The van der Waals surface area contributed by atoms with Crippen LogP contribution in [-0.2, 0) is 0 Å². The number of urea groups is 1. The van der Waals surface area contributed by atoms with Crippen LogP contribution in [0.3, 0.4) is 0 Å². The summed E-state index contributed by atoms with van der Waals surface area (Å²) in [7, 11) is 0. The van der Waals surface area contributed by atoms with Crippen LogP contribution >= 0.6 is 15.9 Å². The molecule has 0 bridgehead atoms. The molecule has 1 aromatic carbocycles. The lowest BCUT2D eigenvalue weighted by Gasteiger charge is -2.06. The first-order valence-corrected chi connectivity index (χ1v) is 6.05. The van der Waals surface area contributed by atoms with Crippen LogP contribution in [0.1, 0.15) is 5.56 Å². The molecule has 1 aromatic heterocycles. The van der Waals surface area contributed by atoms with Gasteiger partial charge in [-0.15, -0.1) is 0 Å². The molecule has 0 atom stereocenters. The molecule has 0 aliphatic heterocycles. The molecule has 0 fully saturated rings. The van der Waals surface area contributed by atoms with Crippen molar-refractivity contribution in [3.05, 3.63) is 46.7 Å². The van der Waals surface area contributed by atoms with Crippen LogP contribution in [0, 0.1) is 6.92 Å². The van der Waals surface area contributed by atoms with E-state index in [0.717, 1.165) is 15.7 Å². The summed E-state index contributed by atoms with van der Waals surface area (Å²) in [4.78, 5) is 19.6. The summed E-state index contributed by atoms with van der Waals surface area (Å²) in [6, 6.07) is 7.15. The summed E-state index contributed by atoms with van der Waals surface area (Å²) in [5.74, 6) is 0.253. The standard InChI is InChI=1S/C12H11BrN4O/c1-8-3-2-4-10(5-8)16-12(18)17-11-14-6-9(13)7-15-11/h2-7H,1H3,(H2,14,15,16,17,18). The van der Waals surface area contributed by atoms with Crippen LogP contribution in [0.15, 0.2) is 41.1 Å². The minimum absolute atomic E-state index is 0.253. The number of rotatable bonds is 2. The Bertz CT molecular complexity index is 556. The Morgan fingerprint density at radius 3 is 2.61 bits per heavy atom. The fraction of sp³-hybridized carbons (Fsp3) is 0.0833. The Morgan fingerprint density at radius 1 is 1.22 bits per heavy atom. The summed E-state index contributed by atoms with van der Waals surface area (Å²) < 4.78 is 0.757. The van der Waals surface area contributed by atoms with Crippen LogP contribution in [0.2, 0.25) is 0 Å². The Hall–Kier alpha value is -1.95. The van der Waals surface area contributed by atoms with Crippen LogP contribution in [0.25, 0.3) is 0 Å². The molecular weight excluding hydrogens is 296 g/mol. The van der Waals surface area contributed by atoms with Gasteiger partial charge in [-0.1, -0.05) is 12.1 Å². The fourth-order valence-corrected chi connectivity index (χ4v) is 1.57. The predicted octanol–water partition coefficient (Wildman–Crippen LogP) is 3.19. The van der Waals surface area contributed by atoms with Gasteiger partial charge < -0.3 is 5.32 Å². The van der Waals surface area contributed by atoms with E-state index in [9.17, 15) is 4.79 Å². The average Bonchev–Trinajstić information content (AvgIpc) is 2.32. The molecule has 2 aromatic rings. The van der Waals surface area contributed by atoms with E-state index in [0.29, 0.717) is 0 Å². The maximum absolute atomic E-state index is 11.7. The fourth-order valence-electron chi connectivity index (χ4n) is 1.36. The predicted molar refractivity (Wildman–Crippen MR) is 73.6 cm³/mol. The molecule has 2 N–H and O–H groups in total. The van der Waals surface area contributed by atoms with E-state index in [2.05, 4.69) is 36.5 Å². The van der Waals surface area contributed by atoms with Crippen molar-refractivity contribution in [2.45, 2.75) is 6.92 Å². The van der Waals surface area contributed by atoms with Crippen LogP contribution in [-0.4, -0.2) is 16.0 Å². The Labute approximate surface area is 113 Å². The minimum Gasteiger partial charge on any atom is -0.308 e. The summed E-state index contributed by atoms with van der Waals surface area (Å²) in [6.07, 6.45) is 3.13. The number of carbonyl (C=O) groups excluding carboxylic acids is 1. The monoisotopic (exact) mass is 306 g/mol. The molecule has 2 rings (SSSR count). The lowest BCUT2D eigenvalue weighted by Crippen LogP contribution is -2.20. The largest absolute Gasteiger partial charge is 0.326 e. The molecule has 5 nitrogen and oxygen atoms in total. The zero-order valence-electron chi connectivity index (χ0n) is 9.64. The lowest BCUT2D eigenvalue weighted by atomic mass is 10.2. The molecule has 92 valence electrons. The third kappa shape index (κ3) is 3.53. The zero-order chi connectivity index (χ0) is 13.0. The van der Waals surface area contributed by atoms with E-state index in [-0.39, 0.29) is 12.0 Å².